The molecule has 7 nitrogen and oxygen atoms in total. The van der Waals surface area contributed by atoms with Gasteiger partial charge in [-0.25, -0.2) is 4.79 Å². The molecule has 1 aliphatic heterocycles. The molecule has 3 aliphatic rings. The maximum atomic E-state index is 13.3. The Kier molecular flexibility index (Phi) is 6.26. The summed E-state index contributed by atoms with van der Waals surface area (Å²) in [7, 11) is 0. The van der Waals surface area contributed by atoms with Crippen molar-refractivity contribution in [2.75, 3.05) is 19.7 Å². The van der Waals surface area contributed by atoms with Gasteiger partial charge >= 0.3 is 12.1 Å². The minimum absolute atomic E-state index is 0.0133. The quantitative estimate of drug-likeness (QED) is 0.617. The first kappa shape index (κ1) is 23.4. The van der Waals surface area contributed by atoms with Crippen molar-refractivity contribution in [3.8, 4) is 11.1 Å². The fraction of sp³-hybridized carbons (Fsp3) is 0.464. The zero-order valence-electron chi connectivity index (χ0n) is 20.0. The van der Waals surface area contributed by atoms with E-state index in [2.05, 4.69) is 29.6 Å². The van der Waals surface area contributed by atoms with Crippen LogP contribution in [0, 0.1) is 11.3 Å². The molecule has 5 rings (SSSR count). The fourth-order valence-electron chi connectivity index (χ4n) is 6.36. The molecule has 7 heteroatoms. The number of fused-ring (bicyclic) bond motifs is 4. The van der Waals surface area contributed by atoms with Gasteiger partial charge in [0.05, 0.1) is 5.41 Å². The number of rotatable bonds is 7. The number of likely N-dealkylation sites (tertiary alicyclic amines) is 1. The Morgan fingerprint density at radius 3 is 2.37 bits per heavy atom. The Bertz CT molecular complexity index is 1100. The van der Waals surface area contributed by atoms with Gasteiger partial charge < -0.3 is 20.1 Å². The second-order valence-electron chi connectivity index (χ2n) is 10.1. The minimum Gasteiger partial charge on any atom is -0.481 e. The lowest BCUT2D eigenvalue weighted by Crippen LogP contribution is -2.49. The van der Waals surface area contributed by atoms with E-state index in [0.29, 0.717) is 25.8 Å². The van der Waals surface area contributed by atoms with Crippen LogP contribution in [0.1, 0.15) is 56.1 Å². The van der Waals surface area contributed by atoms with Gasteiger partial charge in [0.2, 0.25) is 5.91 Å². The van der Waals surface area contributed by atoms with Crippen LogP contribution in [0.25, 0.3) is 11.1 Å². The summed E-state index contributed by atoms with van der Waals surface area (Å²) in [6.45, 7) is 2.80. The largest absolute Gasteiger partial charge is 0.481 e. The highest BCUT2D eigenvalue weighted by molar-refractivity contribution is 5.87. The summed E-state index contributed by atoms with van der Waals surface area (Å²) >= 11 is 0. The SMILES string of the molecule is CCC[C@@H](NC(=O)OCC1c2ccccc2-c2ccccc21)C(=O)N1C[C@H]2CCC[C@@]2(C(=O)O)C1. The molecule has 1 saturated carbocycles. The Balaban J connectivity index is 1.24. The Morgan fingerprint density at radius 2 is 1.77 bits per heavy atom. The molecule has 0 spiro atoms. The molecule has 2 N–H and O–H groups in total. The van der Waals surface area contributed by atoms with Crippen molar-refractivity contribution in [2.45, 2.75) is 51.0 Å². The van der Waals surface area contributed by atoms with Crippen LogP contribution in [0.2, 0.25) is 0 Å². The number of carbonyl (C=O) groups is 3. The average molecular weight is 477 g/mol. The summed E-state index contributed by atoms with van der Waals surface area (Å²) in [4.78, 5) is 39.8. The molecule has 0 bridgehead atoms. The van der Waals surface area contributed by atoms with Crippen LogP contribution in [-0.4, -0.2) is 53.7 Å². The van der Waals surface area contributed by atoms with Crippen molar-refractivity contribution in [2.24, 2.45) is 11.3 Å². The monoisotopic (exact) mass is 476 g/mol. The first-order valence-electron chi connectivity index (χ1n) is 12.6. The van der Waals surface area contributed by atoms with Crippen molar-refractivity contribution in [1.29, 1.82) is 0 Å². The van der Waals surface area contributed by atoms with E-state index in [1.54, 1.807) is 4.90 Å². The van der Waals surface area contributed by atoms with E-state index in [4.69, 9.17) is 4.74 Å². The summed E-state index contributed by atoms with van der Waals surface area (Å²) in [6.07, 6.45) is 2.88. The van der Waals surface area contributed by atoms with Crippen LogP contribution in [0.4, 0.5) is 4.79 Å². The molecule has 0 unspecified atom stereocenters. The number of carboxylic acids is 1. The number of aliphatic carboxylic acids is 1. The third-order valence-electron chi connectivity index (χ3n) is 8.12. The number of amides is 2. The first-order chi connectivity index (χ1) is 16.9. The molecule has 1 heterocycles. The number of hydrogen-bond acceptors (Lipinski definition) is 4. The van der Waals surface area contributed by atoms with Crippen LogP contribution in [0.15, 0.2) is 48.5 Å². The molecule has 3 atom stereocenters. The van der Waals surface area contributed by atoms with Gasteiger partial charge in [-0.1, -0.05) is 68.3 Å². The number of alkyl carbamates (subject to hydrolysis) is 1. The molecule has 2 aliphatic carbocycles. The standard InChI is InChI=1S/C28H32N2O5/c1-2-8-24(25(31)30-15-18-9-7-14-28(18,17-30)26(32)33)29-27(34)35-16-23-21-12-5-3-10-19(21)20-11-4-6-13-22(20)23/h3-6,10-13,18,23-24H,2,7-9,14-17H2,1H3,(H,29,34)(H,32,33)/t18-,24-,28-/m1/s1. The lowest BCUT2D eigenvalue weighted by atomic mass is 9.81. The second kappa shape index (κ2) is 9.36. The third kappa shape index (κ3) is 4.07. The molecule has 2 aromatic rings. The van der Waals surface area contributed by atoms with Crippen LogP contribution in [0.3, 0.4) is 0 Å². The molecule has 0 aromatic heterocycles. The highest BCUT2D eigenvalue weighted by Gasteiger charge is 2.56. The number of carboxylic acid groups (broad SMARTS) is 1. The summed E-state index contributed by atoms with van der Waals surface area (Å²) in [6, 6.07) is 15.6. The number of benzene rings is 2. The number of hydrogen-bond donors (Lipinski definition) is 2. The predicted octanol–water partition coefficient (Wildman–Crippen LogP) is 4.41. The highest BCUT2D eigenvalue weighted by Crippen LogP contribution is 2.49. The summed E-state index contributed by atoms with van der Waals surface area (Å²) < 4.78 is 5.65. The van der Waals surface area contributed by atoms with E-state index in [9.17, 15) is 19.5 Å². The van der Waals surface area contributed by atoms with E-state index >= 15 is 0 Å². The Hall–Kier alpha value is -3.35. The van der Waals surface area contributed by atoms with Gasteiger partial charge in [0.1, 0.15) is 12.6 Å². The summed E-state index contributed by atoms with van der Waals surface area (Å²) in [5.41, 5.74) is 3.73. The number of ether oxygens (including phenoxy) is 1. The fourth-order valence-corrected chi connectivity index (χ4v) is 6.36. The molecule has 35 heavy (non-hydrogen) atoms. The van der Waals surface area contributed by atoms with Crippen molar-refractivity contribution in [1.82, 2.24) is 10.2 Å². The number of carbonyl (C=O) groups excluding carboxylic acids is 2. The minimum atomic E-state index is -0.837. The number of nitrogens with zero attached hydrogens (tertiary/aromatic N) is 1. The lowest BCUT2D eigenvalue weighted by Gasteiger charge is -2.26. The van der Waals surface area contributed by atoms with Gasteiger partial charge in [-0.2, -0.15) is 0 Å². The van der Waals surface area contributed by atoms with E-state index in [1.807, 2.05) is 31.2 Å². The van der Waals surface area contributed by atoms with Crippen molar-refractivity contribution < 1.29 is 24.2 Å². The van der Waals surface area contributed by atoms with E-state index in [0.717, 1.165) is 35.1 Å². The third-order valence-corrected chi connectivity index (χ3v) is 8.12. The first-order valence-corrected chi connectivity index (χ1v) is 12.6. The normalized spacial score (nSPS) is 23.3. The molecule has 184 valence electrons. The van der Waals surface area contributed by atoms with Gasteiger partial charge in [0.25, 0.3) is 0 Å². The van der Waals surface area contributed by atoms with Crippen LogP contribution >= 0.6 is 0 Å². The molecular formula is C28H32N2O5. The summed E-state index contributed by atoms with van der Waals surface area (Å²) in [5, 5.41) is 12.6. The molecule has 1 saturated heterocycles. The van der Waals surface area contributed by atoms with E-state index < -0.39 is 23.5 Å². The zero-order valence-corrected chi connectivity index (χ0v) is 20.0. The molecule has 2 amide bonds. The summed E-state index contributed by atoms with van der Waals surface area (Å²) in [5.74, 6) is -1.09. The second-order valence-corrected chi connectivity index (χ2v) is 10.1. The molecule has 2 aromatic carbocycles. The van der Waals surface area contributed by atoms with Crippen LogP contribution in [0.5, 0.6) is 0 Å². The zero-order chi connectivity index (χ0) is 24.6. The van der Waals surface area contributed by atoms with Gasteiger partial charge in [-0.3, -0.25) is 9.59 Å². The van der Waals surface area contributed by atoms with Gasteiger partial charge in [0, 0.05) is 19.0 Å². The maximum absolute atomic E-state index is 13.3. The van der Waals surface area contributed by atoms with E-state index in [-0.39, 0.29) is 30.9 Å². The molecule has 2 fully saturated rings. The number of nitrogens with one attached hydrogen (secondary N) is 1. The van der Waals surface area contributed by atoms with Gasteiger partial charge in [0.15, 0.2) is 0 Å². The van der Waals surface area contributed by atoms with Crippen LogP contribution < -0.4 is 5.32 Å². The van der Waals surface area contributed by atoms with Crippen molar-refractivity contribution in [3.05, 3.63) is 59.7 Å². The lowest BCUT2D eigenvalue weighted by molar-refractivity contribution is -0.149. The van der Waals surface area contributed by atoms with E-state index in [1.165, 1.54) is 0 Å². The molecule has 0 radical (unpaired) electrons. The highest BCUT2D eigenvalue weighted by atomic mass is 16.5. The van der Waals surface area contributed by atoms with Crippen LogP contribution in [-0.2, 0) is 14.3 Å². The maximum Gasteiger partial charge on any atom is 0.407 e. The Morgan fingerprint density at radius 1 is 1.11 bits per heavy atom. The molecular weight excluding hydrogens is 444 g/mol. The topological polar surface area (TPSA) is 95.9 Å². The Labute approximate surface area is 205 Å². The van der Waals surface area contributed by atoms with Gasteiger partial charge in [-0.15, -0.1) is 0 Å². The van der Waals surface area contributed by atoms with Crippen molar-refractivity contribution >= 4 is 18.0 Å². The van der Waals surface area contributed by atoms with Crippen molar-refractivity contribution in [3.63, 3.8) is 0 Å². The smallest absolute Gasteiger partial charge is 0.407 e. The predicted molar refractivity (Wildman–Crippen MR) is 131 cm³/mol. The average Bonchev–Trinajstić information content (AvgIpc) is 3.52. The van der Waals surface area contributed by atoms with Gasteiger partial charge in [-0.05, 0) is 47.4 Å².